The van der Waals surface area contributed by atoms with E-state index in [-0.39, 0.29) is 11.9 Å². The molecule has 2 rings (SSSR count). The summed E-state index contributed by atoms with van der Waals surface area (Å²) in [5, 5.41) is 7.00. The topological polar surface area (TPSA) is 54.0 Å². The Bertz CT molecular complexity index is 659. The zero-order valence-corrected chi connectivity index (χ0v) is 13.2. The van der Waals surface area contributed by atoms with Gasteiger partial charge in [0.15, 0.2) is 0 Å². The van der Waals surface area contributed by atoms with Crippen molar-refractivity contribution in [1.82, 2.24) is 10.3 Å². The number of amides is 1. The zero-order valence-electron chi connectivity index (χ0n) is 11.7. The number of anilines is 2. The van der Waals surface area contributed by atoms with Crippen LogP contribution in [0.1, 0.15) is 24.2 Å². The molecule has 110 valence electrons. The average molecular weight is 324 g/mol. The standard InChI is InChI=1S/C15H15Cl2N3O/c1-9(2)19-15(21)10-5-12(8-18-7-10)20-14-4-3-11(16)6-13(14)17/h3-9,20H,1-2H3,(H,19,21). The van der Waals surface area contributed by atoms with Crippen LogP contribution in [0.25, 0.3) is 0 Å². The normalized spacial score (nSPS) is 10.5. The predicted molar refractivity (Wildman–Crippen MR) is 86.6 cm³/mol. The van der Waals surface area contributed by atoms with E-state index < -0.39 is 0 Å². The minimum Gasteiger partial charge on any atom is -0.353 e. The first-order valence-electron chi connectivity index (χ1n) is 6.43. The number of benzene rings is 1. The quantitative estimate of drug-likeness (QED) is 0.883. The minimum atomic E-state index is -0.164. The van der Waals surface area contributed by atoms with Gasteiger partial charge in [0, 0.05) is 17.3 Å². The van der Waals surface area contributed by atoms with E-state index in [2.05, 4.69) is 15.6 Å². The van der Waals surface area contributed by atoms with Crippen molar-refractivity contribution in [3.8, 4) is 0 Å². The number of hydrogen-bond donors (Lipinski definition) is 2. The molecule has 0 atom stereocenters. The molecule has 2 aromatic rings. The number of halogens is 2. The highest BCUT2D eigenvalue weighted by molar-refractivity contribution is 6.36. The van der Waals surface area contributed by atoms with Crippen LogP contribution in [0.15, 0.2) is 36.7 Å². The van der Waals surface area contributed by atoms with Crippen LogP contribution >= 0.6 is 23.2 Å². The van der Waals surface area contributed by atoms with Crippen LogP contribution in [0.4, 0.5) is 11.4 Å². The Labute approximate surface area is 133 Å². The van der Waals surface area contributed by atoms with Crippen LogP contribution in [0.5, 0.6) is 0 Å². The summed E-state index contributed by atoms with van der Waals surface area (Å²) in [4.78, 5) is 16.0. The van der Waals surface area contributed by atoms with Gasteiger partial charge in [-0.1, -0.05) is 23.2 Å². The van der Waals surface area contributed by atoms with E-state index in [0.29, 0.717) is 27.0 Å². The van der Waals surface area contributed by atoms with Crippen molar-refractivity contribution >= 4 is 40.5 Å². The molecule has 0 aliphatic carbocycles. The van der Waals surface area contributed by atoms with Crippen LogP contribution < -0.4 is 10.6 Å². The maximum absolute atomic E-state index is 11.9. The molecule has 0 radical (unpaired) electrons. The summed E-state index contributed by atoms with van der Waals surface area (Å²) < 4.78 is 0. The molecule has 6 heteroatoms. The number of aromatic nitrogens is 1. The largest absolute Gasteiger partial charge is 0.353 e. The summed E-state index contributed by atoms with van der Waals surface area (Å²) in [6, 6.07) is 6.94. The van der Waals surface area contributed by atoms with Crippen molar-refractivity contribution in [2.24, 2.45) is 0 Å². The Hall–Kier alpha value is -1.78. The second-order valence-electron chi connectivity index (χ2n) is 4.84. The lowest BCUT2D eigenvalue weighted by atomic mass is 10.2. The van der Waals surface area contributed by atoms with Crippen molar-refractivity contribution in [3.05, 3.63) is 52.3 Å². The van der Waals surface area contributed by atoms with Crippen LogP contribution in [-0.2, 0) is 0 Å². The van der Waals surface area contributed by atoms with Gasteiger partial charge in [0.1, 0.15) is 0 Å². The van der Waals surface area contributed by atoms with E-state index in [0.717, 1.165) is 0 Å². The average Bonchev–Trinajstić information content (AvgIpc) is 2.41. The molecule has 1 heterocycles. The molecule has 1 aromatic heterocycles. The maximum atomic E-state index is 11.9. The Morgan fingerprint density at radius 1 is 1.19 bits per heavy atom. The highest BCUT2D eigenvalue weighted by atomic mass is 35.5. The van der Waals surface area contributed by atoms with E-state index in [1.54, 1.807) is 30.5 Å². The van der Waals surface area contributed by atoms with Crippen molar-refractivity contribution < 1.29 is 4.79 Å². The second-order valence-corrected chi connectivity index (χ2v) is 5.68. The molecule has 4 nitrogen and oxygen atoms in total. The van der Waals surface area contributed by atoms with E-state index in [4.69, 9.17) is 23.2 Å². The van der Waals surface area contributed by atoms with Gasteiger partial charge in [-0.15, -0.1) is 0 Å². The molecule has 0 unspecified atom stereocenters. The molecule has 0 bridgehead atoms. The highest BCUT2D eigenvalue weighted by Gasteiger charge is 2.09. The van der Waals surface area contributed by atoms with Crippen molar-refractivity contribution in [1.29, 1.82) is 0 Å². The number of carbonyl (C=O) groups excluding carboxylic acids is 1. The molecule has 1 amide bonds. The fourth-order valence-electron chi connectivity index (χ4n) is 1.72. The lowest BCUT2D eigenvalue weighted by molar-refractivity contribution is 0.0943. The van der Waals surface area contributed by atoms with Gasteiger partial charge in [0.25, 0.3) is 5.91 Å². The minimum absolute atomic E-state index is 0.0693. The van der Waals surface area contributed by atoms with E-state index in [9.17, 15) is 4.79 Å². The maximum Gasteiger partial charge on any atom is 0.253 e. The predicted octanol–water partition coefficient (Wildman–Crippen LogP) is 4.27. The molecule has 0 aliphatic heterocycles. The molecular weight excluding hydrogens is 309 g/mol. The summed E-state index contributed by atoms with van der Waals surface area (Å²) >= 11 is 12.0. The molecule has 2 N–H and O–H groups in total. The van der Waals surface area contributed by atoms with Gasteiger partial charge >= 0.3 is 0 Å². The molecule has 0 saturated heterocycles. The van der Waals surface area contributed by atoms with Crippen molar-refractivity contribution in [2.75, 3.05) is 5.32 Å². The van der Waals surface area contributed by atoms with Crippen molar-refractivity contribution in [2.45, 2.75) is 19.9 Å². The van der Waals surface area contributed by atoms with Crippen LogP contribution in [0, 0.1) is 0 Å². The first kappa shape index (κ1) is 15.6. The summed E-state index contributed by atoms with van der Waals surface area (Å²) in [7, 11) is 0. The SMILES string of the molecule is CC(C)NC(=O)c1cncc(Nc2ccc(Cl)cc2Cl)c1. The lowest BCUT2D eigenvalue weighted by Gasteiger charge is -2.11. The Morgan fingerprint density at radius 3 is 2.62 bits per heavy atom. The Morgan fingerprint density at radius 2 is 1.95 bits per heavy atom. The van der Waals surface area contributed by atoms with E-state index in [1.807, 2.05) is 13.8 Å². The Kier molecular flexibility index (Phi) is 5.04. The third kappa shape index (κ3) is 4.34. The van der Waals surface area contributed by atoms with Gasteiger partial charge in [0.05, 0.1) is 28.2 Å². The molecule has 21 heavy (non-hydrogen) atoms. The molecule has 0 fully saturated rings. The summed E-state index contributed by atoms with van der Waals surface area (Å²) in [5.74, 6) is -0.164. The van der Waals surface area contributed by atoms with Gasteiger partial charge < -0.3 is 10.6 Å². The first-order chi connectivity index (χ1) is 9.95. The highest BCUT2D eigenvalue weighted by Crippen LogP contribution is 2.28. The van der Waals surface area contributed by atoms with Gasteiger partial charge in [-0.25, -0.2) is 0 Å². The smallest absolute Gasteiger partial charge is 0.253 e. The summed E-state index contributed by atoms with van der Waals surface area (Å²) in [6.45, 7) is 3.81. The van der Waals surface area contributed by atoms with Crippen LogP contribution in [0.3, 0.4) is 0 Å². The third-order valence-electron chi connectivity index (χ3n) is 2.63. The molecule has 0 saturated carbocycles. The van der Waals surface area contributed by atoms with E-state index in [1.165, 1.54) is 6.20 Å². The number of nitrogens with one attached hydrogen (secondary N) is 2. The summed E-state index contributed by atoms with van der Waals surface area (Å²) in [6.07, 6.45) is 3.14. The van der Waals surface area contributed by atoms with Gasteiger partial charge in [-0.3, -0.25) is 9.78 Å². The monoisotopic (exact) mass is 323 g/mol. The molecule has 0 spiro atoms. The van der Waals surface area contributed by atoms with Gasteiger partial charge in [-0.2, -0.15) is 0 Å². The van der Waals surface area contributed by atoms with Crippen LogP contribution in [0.2, 0.25) is 10.0 Å². The fraction of sp³-hybridized carbons (Fsp3) is 0.200. The first-order valence-corrected chi connectivity index (χ1v) is 7.19. The molecular formula is C15H15Cl2N3O. The molecule has 0 aliphatic rings. The fourth-order valence-corrected chi connectivity index (χ4v) is 2.18. The molecule has 1 aromatic carbocycles. The zero-order chi connectivity index (χ0) is 15.4. The number of hydrogen-bond acceptors (Lipinski definition) is 3. The van der Waals surface area contributed by atoms with Crippen molar-refractivity contribution in [3.63, 3.8) is 0 Å². The number of nitrogens with zero attached hydrogens (tertiary/aromatic N) is 1. The van der Waals surface area contributed by atoms with E-state index >= 15 is 0 Å². The number of rotatable bonds is 4. The lowest BCUT2D eigenvalue weighted by Crippen LogP contribution is -2.30. The number of carbonyl (C=O) groups is 1. The number of pyridine rings is 1. The summed E-state index contributed by atoms with van der Waals surface area (Å²) in [5.41, 5.74) is 1.86. The Balaban J connectivity index is 2.19. The van der Waals surface area contributed by atoms with Crippen LogP contribution in [-0.4, -0.2) is 16.9 Å². The second kappa shape index (κ2) is 6.78. The van der Waals surface area contributed by atoms with Gasteiger partial charge in [0.2, 0.25) is 0 Å². The van der Waals surface area contributed by atoms with Gasteiger partial charge in [-0.05, 0) is 38.1 Å². The third-order valence-corrected chi connectivity index (χ3v) is 3.18.